The summed E-state index contributed by atoms with van der Waals surface area (Å²) in [5.41, 5.74) is 9.53. The molecule has 2 N–H and O–H groups in total. The summed E-state index contributed by atoms with van der Waals surface area (Å²) in [4.78, 5) is 18.6. The molecule has 3 aromatic rings. The van der Waals surface area contributed by atoms with Gasteiger partial charge in [0.25, 0.3) is 0 Å². The second kappa shape index (κ2) is 7.72. The van der Waals surface area contributed by atoms with Gasteiger partial charge in [-0.3, -0.25) is 4.79 Å². The van der Waals surface area contributed by atoms with E-state index >= 15 is 0 Å². The number of carbonyl (C=O) groups is 1. The molecule has 134 valence electrons. The Bertz CT molecular complexity index is 937. The van der Waals surface area contributed by atoms with Crippen molar-refractivity contribution in [2.24, 2.45) is 5.73 Å². The van der Waals surface area contributed by atoms with Crippen LogP contribution in [0.5, 0.6) is 0 Å². The molecule has 1 heterocycles. The van der Waals surface area contributed by atoms with Gasteiger partial charge in [0.1, 0.15) is 11.6 Å². The van der Waals surface area contributed by atoms with E-state index in [1.807, 2.05) is 18.2 Å². The van der Waals surface area contributed by atoms with Crippen LogP contribution in [-0.4, -0.2) is 23.5 Å². The quantitative estimate of drug-likeness (QED) is 0.671. The highest BCUT2D eigenvalue weighted by Crippen LogP contribution is 2.25. The van der Waals surface area contributed by atoms with E-state index in [0.717, 1.165) is 16.3 Å². The van der Waals surface area contributed by atoms with Gasteiger partial charge in [0.2, 0.25) is 5.91 Å². The molecule has 0 saturated heterocycles. The first-order chi connectivity index (χ1) is 12.5. The van der Waals surface area contributed by atoms with Crippen molar-refractivity contribution in [3.05, 3.63) is 71.8 Å². The zero-order chi connectivity index (χ0) is 18.7. The molecule has 0 aliphatic rings. The van der Waals surface area contributed by atoms with Crippen LogP contribution in [0.25, 0.3) is 10.2 Å². The Morgan fingerprint density at radius 2 is 2.00 bits per heavy atom. The molecule has 26 heavy (non-hydrogen) atoms. The first kappa shape index (κ1) is 18.2. The number of halogens is 2. The lowest BCUT2D eigenvalue weighted by Gasteiger charge is -2.25. The molecule has 1 atom stereocenters. The topological polar surface area (TPSA) is 59.2 Å². The third kappa shape index (κ3) is 3.95. The number of anilines is 1. The van der Waals surface area contributed by atoms with Crippen molar-refractivity contribution in [2.45, 2.75) is 12.5 Å². The Hall–Kier alpha value is -2.64. The summed E-state index contributed by atoms with van der Waals surface area (Å²) in [7, 11) is 0. The fourth-order valence-corrected chi connectivity index (χ4v) is 3.39. The van der Waals surface area contributed by atoms with Crippen LogP contribution >= 0.6 is 11.3 Å². The molecule has 0 fully saturated rings. The molecule has 0 radical (unpaired) electrons. The van der Waals surface area contributed by atoms with E-state index in [4.69, 9.17) is 5.73 Å². The monoisotopic (exact) mass is 373 g/mol. The largest absolute Gasteiger partial charge is 0.320 e. The van der Waals surface area contributed by atoms with Crippen molar-refractivity contribution in [2.75, 3.05) is 11.4 Å². The van der Waals surface area contributed by atoms with Crippen LogP contribution in [0.15, 0.2) is 54.6 Å². The van der Waals surface area contributed by atoms with Gasteiger partial charge in [-0.15, -0.1) is 17.9 Å². The summed E-state index contributed by atoms with van der Waals surface area (Å²) in [5, 5.41) is 0. The number of nitrogens with two attached hydrogens (primary N) is 1. The zero-order valence-electron chi connectivity index (χ0n) is 13.9. The van der Waals surface area contributed by atoms with Gasteiger partial charge in [-0.1, -0.05) is 6.08 Å². The minimum atomic E-state index is -0.942. The lowest BCUT2D eigenvalue weighted by atomic mass is 10.0. The van der Waals surface area contributed by atoms with Crippen LogP contribution in [0.1, 0.15) is 5.56 Å². The summed E-state index contributed by atoms with van der Waals surface area (Å²) < 4.78 is 27.7. The minimum Gasteiger partial charge on any atom is -0.320 e. The molecule has 1 unspecified atom stereocenters. The molecular formula is C19H17F2N3OS. The van der Waals surface area contributed by atoms with Crippen molar-refractivity contribution in [1.29, 1.82) is 0 Å². The van der Waals surface area contributed by atoms with Crippen LogP contribution in [0.4, 0.5) is 14.5 Å². The van der Waals surface area contributed by atoms with Gasteiger partial charge in [-0.25, -0.2) is 13.8 Å². The van der Waals surface area contributed by atoms with Crippen molar-refractivity contribution in [3.63, 3.8) is 0 Å². The van der Waals surface area contributed by atoms with Gasteiger partial charge in [0.15, 0.2) is 0 Å². The van der Waals surface area contributed by atoms with Gasteiger partial charge in [0, 0.05) is 18.3 Å². The molecular weight excluding hydrogens is 356 g/mol. The van der Waals surface area contributed by atoms with E-state index < -0.39 is 17.7 Å². The van der Waals surface area contributed by atoms with Gasteiger partial charge < -0.3 is 10.6 Å². The highest BCUT2D eigenvalue weighted by Gasteiger charge is 2.23. The van der Waals surface area contributed by atoms with Crippen molar-refractivity contribution >= 4 is 33.1 Å². The van der Waals surface area contributed by atoms with Crippen LogP contribution in [0, 0.1) is 11.6 Å². The maximum Gasteiger partial charge on any atom is 0.244 e. The smallest absolute Gasteiger partial charge is 0.244 e. The Kier molecular flexibility index (Phi) is 5.39. The number of fused-ring (bicyclic) bond motifs is 1. The molecule has 0 saturated carbocycles. The fourth-order valence-electron chi connectivity index (χ4n) is 2.74. The maximum absolute atomic E-state index is 13.3. The molecule has 4 nitrogen and oxygen atoms in total. The van der Waals surface area contributed by atoms with Crippen LogP contribution in [0.2, 0.25) is 0 Å². The lowest BCUT2D eigenvalue weighted by molar-refractivity contribution is -0.119. The fraction of sp³-hybridized carbons (Fsp3) is 0.158. The third-order valence-electron chi connectivity index (χ3n) is 3.90. The minimum absolute atomic E-state index is 0.0279. The number of hydrogen-bond acceptors (Lipinski definition) is 4. The summed E-state index contributed by atoms with van der Waals surface area (Å²) in [6.45, 7) is 3.94. The van der Waals surface area contributed by atoms with E-state index in [9.17, 15) is 13.6 Å². The molecule has 0 aliphatic carbocycles. The highest BCUT2D eigenvalue weighted by molar-refractivity contribution is 7.16. The van der Waals surface area contributed by atoms with E-state index in [2.05, 4.69) is 11.6 Å². The summed E-state index contributed by atoms with van der Waals surface area (Å²) in [5.74, 6) is -1.75. The normalized spacial score (nSPS) is 12.1. The van der Waals surface area contributed by atoms with Gasteiger partial charge in [0.05, 0.1) is 21.8 Å². The lowest BCUT2D eigenvalue weighted by Crippen LogP contribution is -2.45. The molecule has 1 aromatic heterocycles. The molecule has 1 amide bonds. The molecule has 0 aliphatic heterocycles. The molecule has 7 heteroatoms. The second-order valence-electron chi connectivity index (χ2n) is 5.83. The van der Waals surface area contributed by atoms with E-state index in [1.54, 1.807) is 11.6 Å². The van der Waals surface area contributed by atoms with Crippen molar-refractivity contribution in [3.8, 4) is 0 Å². The average Bonchev–Trinajstić information content (AvgIpc) is 3.05. The number of aromatic nitrogens is 1. The van der Waals surface area contributed by atoms with Crippen LogP contribution in [0.3, 0.4) is 0 Å². The van der Waals surface area contributed by atoms with Gasteiger partial charge in [-0.2, -0.15) is 0 Å². The Balaban J connectivity index is 1.84. The Morgan fingerprint density at radius 3 is 2.69 bits per heavy atom. The number of hydrogen-bond donors (Lipinski definition) is 1. The van der Waals surface area contributed by atoms with Crippen LogP contribution in [-0.2, 0) is 11.2 Å². The first-order valence-corrected chi connectivity index (χ1v) is 8.82. The van der Waals surface area contributed by atoms with E-state index in [-0.39, 0.29) is 18.9 Å². The molecule has 3 rings (SSSR count). The number of benzene rings is 2. The highest BCUT2D eigenvalue weighted by atomic mass is 32.1. The molecule has 0 spiro atoms. The SMILES string of the molecule is C=CCN(C(=O)C(N)Cc1cc(F)cc(F)c1)c1ccc2scnc2c1. The number of thiazole rings is 1. The maximum atomic E-state index is 13.3. The predicted molar refractivity (Wildman–Crippen MR) is 100 cm³/mol. The summed E-state index contributed by atoms with van der Waals surface area (Å²) in [6, 6.07) is 7.70. The average molecular weight is 373 g/mol. The van der Waals surface area contributed by atoms with E-state index in [0.29, 0.717) is 11.3 Å². The number of carbonyl (C=O) groups excluding carboxylic acids is 1. The number of amides is 1. The molecule has 2 aromatic carbocycles. The number of rotatable bonds is 6. The zero-order valence-corrected chi connectivity index (χ0v) is 14.7. The van der Waals surface area contributed by atoms with Crippen LogP contribution < -0.4 is 10.6 Å². The Morgan fingerprint density at radius 1 is 1.27 bits per heavy atom. The van der Waals surface area contributed by atoms with Gasteiger partial charge >= 0.3 is 0 Å². The summed E-state index contributed by atoms with van der Waals surface area (Å²) >= 11 is 1.51. The summed E-state index contributed by atoms with van der Waals surface area (Å²) in [6.07, 6.45) is 1.62. The van der Waals surface area contributed by atoms with E-state index in [1.165, 1.54) is 28.4 Å². The predicted octanol–water partition coefficient (Wildman–Crippen LogP) is 3.66. The standard InChI is InChI=1S/C19H17F2N3OS/c1-2-5-24(15-3-4-18-17(10-15)23-11-26-18)19(25)16(22)8-12-6-13(20)9-14(21)7-12/h2-4,6-7,9-11,16H,1,5,8,22H2. The van der Waals surface area contributed by atoms with Crippen molar-refractivity contribution < 1.29 is 13.6 Å². The second-order valence-corrected chi connectivity index (χ2v) is 6.72. The van der Waals surface area contributed by atoms with Crippen molar-refractivity contribution in [1.82, 2.24) is 4.98 Å². The molecule has 0 bridgehead atoms. The number of nitrogens with zero attached hydrogens (tertiary/aromatic N) is 2. The third-order valence-corrected chi connectivity index (χ3v) is 4.71. The van der Waals surface area contributed by atoms with Gasteiger partial charge in [-0.05, 0) is 42.3 Å². The first-order valence-electron chi connectivity index (χ1n) is 7.94. The Labute approximate surface area is 153 Å².